The highest BCUT2D eigenvalue weighted by Crippen LogP contribution is 2.30. The minimum atomic E-state index is -4.49. The first kappa shape index (κ1) is 18.5. The van der Waals surface area contributed by atoms with Gasteiger partial charge in [-0.2, -0.15) is 13.2 Å². The second-order valence-electron chi connectivity index (χ2n) is 4.98. The number of hydrogen-bond acceptors (Lipinski definition) is 2. The zero-order valence-corrected chi connectivity index (χ0v) is 13.8. The molecule has 24 heavy (non-hydrogen) atoms. The van der Waals surface area contributed by atoms with E-state index in [1.807, 2.05) is 0 Å². The van der Waals surface area contributed by atoms with Crippen molar-refractivity contribution < 1.29 is 22.2 Å². The molecule has 8 heteroatoms. The van der Waals surface area contributed by atoms with Crippen LogP contribution in [0.4, 0.5) is 18.9 Å². The summed E-state index contributed by atoms with van der Waals surface area (Å²) in [6.45, 7) is 0. The minimum Gasteiger partial charge on any atom is -0.325 e. The molecule has 0 aliphatic rings. The molecule has 0 saturated carbocycles. The number of carbonyl (C=O) groups is 1. The van der Waals surface area contributed by atoms with Crippen molar-refractivity contribution in [3.8, 4) is 0 Å². The van der Waals surface area contributed by atoms with Gasteiger partial charge in [-0.15, -0.1) is 0 Å². The maximum Gasteiger partial charge on any atom is 0.416 e. The second kappa shape index (κ2) is 7.81. The third kappa shape index (κ3) is 5.65. The van der Waals surface area contributed by atoms with Crippen LogP contribution in [0.15, 0.2) is 48.5 Å². The van der Waals surface area contributed by atoms with Gasteiger partial charge in [0, 0.05) is 27.3 Å². The number of alkyl halides is 3. The summed E-state index contributed by atoms with van der Waals surface area (Å²) in [5.41, 5.74) is -0.0921. The van der Waals surface area contributed by atoms with Gasteiger partial charge in [0.1, 0.15) is 5.75 Å². The van der Waals surface area contributed by atoms with Crippen molar-refractivity contribution in [2.45, 2.75) is 11.9 Å². The summed E-state index contributed by atoms with van der Waals surface area (Å²) in [4.78, 5) is 11.8. The third-order valence-electron chi connectivity index (χ3n) is 3.01. The van der Waals surface area contributed by atoms with Crippen LogP contribution in [0.1, 0.15) is 11.1 Å². The van der Waals surface area contributed by atoms with Gasteiger partial charge in [0.05, 0.1) is 5.56 Å². The van der Waals surface area contributed by atoms with E-state index in [-0.39, 0.29) is 17.2 Å². The molecule has 0 fully saturated rings. The maximum absolute atomic E-state index is 12.6. The Bertz CT molecular complexity index is 748. The molecule has 2 aromatic rings. The molecule has 0 heterocycles. The zero-order valence-electron chi connectivity index (χ0n) is 12.3. The standard InChI is InChI=1S/C16H13ClF3NO2S/c17-13-6-4-11(5-7-13)9-24(23)10-15(22)21-14-3-1-2-12(8-14)16(18,19)20/h1-8H,9-10H2,(H,21,22). The maximum atomic E-state index is 12.6. The largest absolute Gasteiger partial charge is 0.416 e. The van der Waals surface area contributed by atoms with Gasteiger partial charge in [-0.3, -0.25) is 9.00 Å². The van der Waals surface area contributed by atoms with E-state index in [1.165, 1.54) is 12.1 Å². The Kier molecular flexibility index (Phi) is 6.01. The average molecular weight is 376 g/mol. The SMILES string of the molecule is O=C(CS(=O)Cc1ccc(Cl)cc1)Nc1cccc(C(F)(F)F)c1. The van der Waals surface area contributed by atoms with Crippen LogP contribution in [0, 0.1) is 0 Å². The van der Waals surface area contributed by atoms with Crippen LogP contribution in [0.2, 0.25) is 5.02 Å². The third-order valence-corrected chi connectivity index (χ3v) is 4.50. The molecule has 2 aromatic carbocycles. The Labute approximate surface area is 144 Å². The van der Waals surface area contributed by atoms with Gasteiger partial charge in [0.15, 0.2) is 0 Å². The minimum absolute atomic E-state index is 0.0123. The first-order chi connectivity index (χ1) is 11.2. The molecule has 0 saturated heterocycles. The van der Waals surface area contributed by atoms with E-state index in [9.17, 15) is 22.2 Å². The fourth-order valence-corrected chi connectivity index (χ4v) is 3.09. The van der Waals surface area contributed by atoms with Gasteiger partial charge >= 0.3 is 6.18 Å². The average Bonchev–Trinajstić information content (AvgIpc) is 2.49. The smallest absolute Gasteiger partial charge is 0.325 e. The highest BCUT2D eigenvalue weighted by atomic mass is 35.5. The van der Waals surface area contributed by atoms with Gasteiger partial charge < -0.3 is 5.32 Å². The summed E-state index contributed by atoms with van der Waals surface area (Å²) in [6, 6.07) is 11.0. The number of carbonyl (C=O) groups excluding carboxylic acids is 1. The van der Waals surface area contributed by atoms with Crippen molar-refractivity contribution in [2.24, 2.45) is 0 Å². The predicted molar refractivity (Wildman–Crippen MR) is 88.2 cm³/mol. The molecule has 128 valence electrons. The summed E-state index contributed by atoms with van der Waals surface area (Å²) >= 11 is 5.75. The predicted octanol–water partition coefficient (Wildman–Crippen LogP) is 4.25. The Balaban J connectivity index is 1.93. The van der Waals surface area contributed by atoms with Crippen molar-refractivity contribution in [1.29, 1.82) is 0 Å². The van der Waals surface area contributed by atoms with E-state index in [2.05, 4.69) is 5.32 Å². The normalized spacial score (nSPS) is 12.7. The molecule has 0 aliphatic heterocycles. The van der Waals surface area contributed by atoms with Crippen LogP contribution in [-0.2, 0) is 27.5 Å². The van der Waals surface area contributed by atoms with Crippen LogP contribution in [-0.4, -0.2) is 15.9 Å². The van der Waals surface area contributed by atoms with Gasteiger partial charge in [-0.05, 0) is 35.9 Å². The van der Waals surface area contributed by atoms with Gasteiger partial charge in [-0.25, -0.2) is 0 Å². The van der Waals surface area contributed by atoms with Crippen molar-refractivity contribution >= 4 is 34.0 Å². The number of halogens is 4. The topological polar surface area (TPSA) is 46.2 Å². The van der Waals surface area contributed by atoms with E-state index in [0.29, 0.717) is 5.02 Å². The fraction of sp³-hybridized carbons (Fsp3) is 0.188. The van der Waals surface area contributed by atoms with Crippen molar-refractivity contribution in [2.75, 3.05) is 11.1 Å². The molecule has 0 spiro atoms. The molecule has 1 atom stereocenters. The van der Waals surface area contributed by atoms with Crippen LogP contribution >= 0.6 is 11.6 Å². The quantitative estimate of drug-likeness (QED) is 0.849. The first-order valence-corrected chi connectivity index (χ1v) is 8.67. The lowest BCUT2D eigenvalue weighted by atomic mass is 10.2. The summed E-state index contributed by atoms with van der Waals surface area (Å²) in [6.07, 6.45) is -4.49. The summed E-state index contributed by atoms with van der Waals surface area (Å²) in [7, 11) is -1.48. The lowest BCUT2D eigenvalue weighted by molar-refractivity contribution is -0.137. The molecule has 2 rings (SSSR count). The summed E-state index contributed by atoms with van der Waals surface area (Å²) in [5.74, 6) is -0.756. The first-order valence-electron chi connectivity index (χ1n) is 6.80. The van der Waals surface area contributed by atoms with Crippen LogP contribution < -0.4 is 5.32 Å². The second-order valence-corrected chi connectivity index (χ2v) is 6.88. The summed E-state index contributed by atoms with van der Waals surface area (Å²) in [5, 5.41) is 2.88. The number of rotatable bonds is 5. The van der Waals surface area contributed by atoms with Crippen molar-refractivity contribution in [3.63, 3.8) is 0 Å². The van der Waals surface area contributed by atoms with Gasteiger partial charge in [-0.1, -0.05) is 29.8 Å². The Hall–Kier alpha value is -1.86. The molecule has 1 N–H and O–H groups in total. The fourth-order valence-electron chi connectivity index (χ4n) is 1.93. The number of hydrogen-bond donors (Lipinski definition) is 1. The van der Waals surface area contributed by atoms with Gasteiger partial charge in [0.2, 0.25) is 5.91 Å². The molecule has 1 unspecified atom stereocenters. The number of nitrogens with one attached hydrogen (secondary N) is 1. The monoisotopic (exact) mass is 375 g/mol. The molecule has 0 bridgehead atoms. The Morgan fingerprint density at radius 2 is 1.79 bits per heavy atom. The van der Waals surface area contributed by atoms with E-state index in [4.69, 9.17) is 11.6 Å². The molecule has 3 nitrogen and oxygen atoms in total. The Morgan fingerprint density at radius 3 is 2.42 bits per heavy atom. The highest BCUT2D eigenvalue weighted by molar-refractivity contribution is 7.84. The molecule has 0 aromatic heterocycles. The molecular formula is C16H13ClF3NO2S. The van der Waals surface area contributed by atoms with Crippen LogP contribution in [0.3, 0.4) is 0 Å². The molecule has 0 aliphatic carbocycles. The highest BCUT2D eigenvalue weighted by Gasteiger charge is 2.30. The van der Waals surface area contributed by atoms with Crippen LogP contribution in [0.5, 0.6) is 0 Å². The zero-order chi connectivity index (χ0) is 17.7. The lowest BCUT2D eigenvalue weighted by Crippen LogP contribution is -2.20. The number of anilines is 1. The number of amides is 1. The van der Waals surface area contributed by atoms with Crippen LogP contribution in [0.25, 0.3) is 0 Å². The number of benzene rings is 2. The molecule has 1 amide bonds. The van der Waals surface area contributed by atoms with Crippen molar-refractivity contribution in [3.05, 3.63) is 64.7 Å². The summed E-state index contributed by atoms with van der Waals surface area (Å²) < 4.78 is 49.8. The van der Waals surface area contributed by atoms with E-state index in [0.717, 1.165) is 17.7 Å². The molecule has 0 radical (unpaired) electrons. The lowest BCUT2D eigenvalue weighted by Gasteiger charge is -2.10. The van der Waals surface area contributed by atoms with Gasteiger partial charge in [0.25, 0.3) is 0 Å². The van der Waals surface area contributed by atoms with E-state index < -0.39 is 28.4 Å². The van der Waals surface area contributed by atoms with Crippen molar-refractivity contribution in [1.82, 2.24) is 0 Å². The Morgan fingerprint density at radius 1 is 1.12 bits per heavy atom. The van der Waals surface area contributed by atoms with E-state index in [1.54, 1.807) is 24.3 Å². The van der Waals surface area contributed by atoms with E-state index >= 15 is 0 Å². The molecular weight excluding hydrogens is 363 g/mol.